The molecule has 0 spiro atoms. The molecule has 6 heteroatoms. The van der Waals surface area contributed by atoms with E-state index >= 15 is 0 Å². The van der Waals surface area contributed by atoms with E-state index < -0.39 is 0 Å². The minimum absolute atomic E-state index is 0.250. The SMILES string of the molecule is CCCCCCCCCCCCCCCCN(CCO)CCCCCCCC(=O)N(CCCCCCCC)CCCCCCCC.O=CO. The second-order valence-electron chi connectivity index (χ2n) is 14.7. The van der Waals surface area contributed by atoms with Crippen molar-refractivity contribution in [2.75, 3.05) is 39.3 Å². The summed E-state index contributed by atoms with van der Waals surface area (Å²) in [6.45, 7) is 11.9. The summed E-state index contributed by atoms with van der Waals surface area (Å²) < 4.78 is 0. The second-order valence-corrected chi connectivity index (χ2v) is 14.7. The fourth-order valence-corrected chi connectivity index (χ4v) is 6.83. The first-order valence-corrected chi connectivity index (χ1v) is 21.8. The lowest BCUT2D eigenvalue weighted by Gasteiger charge is -2.23. The van der Waals surface area contributed by atoms with Crippen LogP contribution in [0.4, 0.5) is 0 Å². The molecule has 0 bridgehead atoms. The first kappa shape index (κ1) is 50.0. The Morgan fingerprint density at radius 1 is 0.429 bits per heavy atom. The summed E-state index contributed by atoms with van der Waals surface area (Å²) in [6, 6.07) is 0. The van der Waals surface area contributed by atoms with Crippen LogP contribution in [0.25, 0.3) is 0 Å². The zero-order chi connectivity index (χ0) is 36.3. The maximum absolute atomic E-state index is 13.1. The summed E-state index contributed by atoms with van der Waals surface area (Å²) in [5, 5.41) is 16.4. The first-order chi connectivity index (χ1) is 24.1. The van der Waals surface area contributed by atoms with Crippen LogP contribution in [0.5, 0.6) is 0 Å². The van der Waals surface area contributed by atoms with Crippen molar-refractivity contribution in [2.45, 2.75) is 226 Å². The normalized spacial score (nSPS) is 11.1. The lowest BCUT2D eigenvalue weighted by molar-refractivity contribution is -0.131. The molecule has 1 amide bonds. The Morgan fingerprint density at radius 3 is 1.00 bits per heavy atom. The number of carbonyl (C=O) groups is 2. The van der Waals surface area contributed by atoms with Crippen molar-refractivity contribution >= 4 is 12.4 Å². The number of aliphatic hydroxyl groups excluding tert-OH is 1. The Morgan fingerprint density at radius 2 is 0.694 bits per heavy atom. The van der Waals surface area contributed by atoms with Crippen LogP contribution >= 0.6 is 0 Å². The van der Waals surface area contributed by atoms with Gasteiger partial charge in [-0.15, -0.1) is 0 Å². The van der Waals surface area contributed by atoms with Gasteiger partial charge in [0.15, 0.2) is 0 Å². The van der Waals surface area contributed by atoms with Gasteiger partial charge in [0.25, 0.3) is 6.47 Å². The van der Waals surface area contributed by atoms with Crippen LogP contribution in [0.15, 0.2) is 0 Å². The highest BCUT2D eigenvalue weighted by atomic mass is 16.3. The molecule has 0 unspecified atom stereocenters. The van der Waals surface area contributed by atoms with Crippen LogP contribution in [0.3, 0.4) is 0 Å². The summed E-state index contributed by atoms with van der Waals surface area (Å²) in [5.41, 5.74) is 0. The molecule has 0 heterocycles. The van der Waals surface area contributed by atoms with Crippen molar-refractivity contribution in [3.8, 4) is 0 Å². The van der Waals surface area contributed by atoms with E-state index in [1.807, 2.05) is 0 Å². The number of hydrogen-bond donors (Lipinski definition) is 2. The van der Waals surface area contributed by atoms with Crippen molar-refractivity contribution in [1.82, 2.24) is 9.80 Å². The molecule has 49 heavy (non-hydrogen) atoms. The molecule has 0 rings (SSSR count). The van der Waals surface area contributed by atoms with E-state index in [0.717, 1.165) is 45.6 Å². The van der Waals surface area contributed by atoms with Crippen LogP contribution < -0.4 is 0 Å². The smallest absolute Gasteiger partial charge is 0.290 e. The van der Waals surface area contributed by atoms with E-state index in [9.17, 15) is 9.90 Å². The molecule has 0 saturated heterocycles. The molecular weight excluding hydrogens is 608 g/mol. The zero-order valence-corrected chi connectivity index (χ0v) is 33.6. The van der Waals surface area contributed by atoms with Crippen LogP contribution in [-0.2, 0) is 9.59 Å². The standard InChI is InChI=1S/C42H86N2O2.CH2O2/c1-4-7-10-13-16-17-18-19-20-21-22-23-26-31-36-43(40-41-45)37-32-27-24-25-30-35-42(46)44(38-33-28-14-11-8-5-2)39-34-29-15-12-9-6-3;2-1-3/h45H,4-41H2,1-3H3;1H,(H,2,3). The van der Waals surface area contributed by atoms with Gasteiger partial charge < -0.3 is 20.0 Å². The molecule has 0 aliphatic carbocycles. The maximum atomic E-state index is 13.1. The van der Waals surface area contributed by atoms with Gasteiger partial charge >= 0.3 is 0 Å². The molecule has 0 saturated carbocycles. The highest BCUT2D eigenvalue weighted by Gasteiger charge is 2.13. The molecule has 2 N–H and O–H groups in total. The third-order valence-electron chi connectivity index (χ3n) is 10.0. The lowest BCUT2D eigenvalue weighted by Crippen LogP contribution is -2.32. The molecule has 6 nitrogen and oxygen atoms in total. The van der Waals surface area contributed by atoms with Crippen LogP contribution in [0.1, 0.15) is 226 Å². The predicted octanol–water partition coefficient (Wildman–Crippen LogP) is 12.4. The minimum Gasteiger partial charge on any atom is -0.483 e. The van der Waals surface area contributed by atoms with Gasteiger partial charge in [0.2, 0.25) is 5.91 Å². The number of amides is 1. The quantitative estimate of drug-likeness (QED) is 0.0494. The van der Waals surface area contributed by atoms with Gasteiger partial charge in [0, 0.05) is 26.1 Å². The summed E-state index contributed by atoms with van der Waals surface area (Å²) in [4.78, 5) is 26.1. The van der Waals surface area contributed by atoms with Gasteiger partial charge in [-0.3, -0.25) is 9.59 Å². The topological polar surface area (TPSA) is 81.1 Å². The minimum atomic E-state index is -0.250. The highest BCUT2D eigenvalue weighted by Crippen LogP contribution is 2.15. The highest BCUT2D eigenvalue weighted by molar-refractivity contribution is 5.76. The molecule has 0 atom stereocenters. The number of aliphatic hydroxyl groups is 1. The van der Waals surface area contributed by atoms with Gasteiger partial charge in [0.1, 0.15) is 0 Å². The fraction of sp³-hybridized carbons (Fsp3) is 0.953. The van der Waals surface area contributed by atoms with Crippen molar-refractivity contribution < 1.29 is 19.8 Å². The Hall–Kier alpha value is -1.14. The van der Waals surface area contributed by atoms with Crippen LogP contribution in [0.2, 0.25) is 0 Å². The molecule has 0 aromatic carbocycles. The first-order valence-electron chi connectivity index (χ1n) is 21.8. The summed E-state index contributed by atoms with van der Waals surface area (Å²) in [7, 11) is 0. The maximum Gasteiger partial charge on any atom is 0.290 e. The van der Waals surface area contributed by atoms with E-state index in [-0.39, 0.29) is 13.1 Å². The number of unbranched alkanes of at least 4 members (excludes halogenated alkanes) is 27. The fourth-order valence-electron chi connectivity index (χ4n) is 6.83. The molecule has 0 radical (unpaired) electrons. The third-order valence-corrected chi connectivity index (χ3v) is 10.0. The number of hydrogen-bond acceptors (Lipinski definition) is 4. The Bertz CT molecular complexity index is 617. The van der Waals surface area contributed by atoms with E-state index in [4.69, 9.17) is 9.90 Å². The molecular formula is C43H88N2O4. The van der Waals surface area contributed by atoms with Gasteiger partial charge in [-0.25, -0.2) is 0 Å². The van der Waals surface area contributed by atoms with Crippen molar-refractivity contribution in [3.63, 3.8) is 0 Å². The van der Waals surface area contributed by atoms with E-state index in [1.165, 1.54) is 193 Å². The Kier molecular flexibility index (Phi) is 45.8. The zero-order valence-electron chi connectivity index (χ0n) is 33.6. The Balaban J connectivity index is 0. The average molecular weight is 697 g/mol. The Labute approximate surface area is 307 Å². The second kappa shape index (κ2) is 44.9. The third kappa shape index (κ3) is 41.2. The van der Waals surface area contributed by atoms with E-state index in [0.29, 0.717) is 5.91 Å². The average Bonchev–Trinajstić information content (AvgIpc) is 3.10. The number of nitrogens with zero attached hydrogens (tertiary/aromatic N) is 2. The summed E-state index contributed by atoms with van der Waals surface area (Å²) >= 11 is 0. The molecule has 0 fully saturated rings. The lowest BCUT2D eigenvalue weighted by atomic mass is 10.0. The molecule has 0 aliphatic rings. The summed E-state index contributed by atoms with van der Waals surface area (Å²) in [6.07, 6.45) is 41.8. The number of carbonyl (C=O) groups excluding carboxylic acids is 1. The molecule has 0 aliphatic heterocycles. The number of rotatable bonds is 39. The summed E-state index contributed by atoms with van der Waals surface area (Å²) in [5.74, 6) is 0.407. The van der Waals surface area contributed by atoms with Gasteiger partial charge in [-0.2, -0.15) is 0 Å². The van der Waals surface area contributed by atoms with Crippen molar-refractivity contribution in [2.24, 2.45) is 0 Å². The van der Waals surface area contributed by atoms with Gasteiger partial charge in [0.05, 0.1) is 6.61 Å². The molecule has 294 valence electrons. The number of carboxylic acid groups (broad SMARTS) is 1. The van der Waals surface area contributed by atoms with Crippen LogP contribution in [-0.4, -0.2) is 71.7 Å². The van der Waals surface area contributed by atoms with Crippen molar-refractivity contribution in [3.05, 3.63) is 0 Å². The van der Waals surface area contributed by atoms with Gasteiger partial charge in [-0.1, -0.05) is 188 Å². The predicted molar refractivity (Wildman–Crippen MR) is 214 cm³/mol. The largest absolute Gasteiger partial charge is 0.483 e. The monoisotopic (exact) mass is 697 g/mol. The van der Waals surface area contributed by atoms with Gasteiger partial charge in [-0.05, 0) is 45.2 Å². The molecule has 0 aromatic rings. The van der Waals surface area contributed by atoms with Crippen molar-refractivity contribution in [1.29, 1.82) is 0 Å². The van der Waals surface area contributed by atoms with Crippen LogP contribution in [0, 0.1) is 0 Å². The van der Waals surface area contributed by atoms with E-state index in [2.05, 4.69) is 30.6 Å². The molecule has 0 aromatic heterocycles. The van der Waals surface area contributed by atoms with E-state index in [1.54, 1.807) is 0 Å².